The van der Waals surface area contributed by atoms with Gasteiger partial charge >= 0.3 is 0 Å². The van der Waals surface area contributed by atoms with Crippen molar-refractivity contribution in [3.63, 3.8) is 0 Å². The largest absolute Gasteiger partial charge is 0.310 e. The van der Waals surface area contributed by atoms with Gasteiger partial charge in [0, 0.05) is 23.5 Å². The molecule has 0 amide bonds. The van der Waals surface area contributed by atoms with Crippen molar-refractivity contribution in [2.24, 2.45) is 0 Å². The van der Waals surface area contributed by atoms with Crippen molar-refractivity contribution >= 4 is 11.3 Å². The summed E-state index contributed by atoms with van der Waals surface area (Å²) in [4.78, 5) is 4.35. The van der Waals surface area contributed by atoms with Crippen LogP contribution in [0.5, 0.6) is 0 Å². The summed E-state index contributed by atoms with van der Waals surface area (Å²) in [6.45, 7) is 7.14. The molecule has 2 fully saturated rings. The van der Waals surface area contributed by atoms with Crippen LogP contribution >= 0.6 is 11.3 Å². The molecule has 118 valence electrons. The number of rotatable bonds is 5. The standard InChI is InChI=1S/C18H30N2S/c1-16-8-13-21-17(16)14-19-15-18(9-4-2-5-10-18)20-11-6-3-7-12-20/h8,13,19H,2-7,9-12,14-15H2,1H3. The number of nitrogens with one attached hydrogen (secondary N) is 1. The molecule has 1 aliphatic heterocycles. The lowest BCUT2D eigenvalue weighted by Crippen LogP contribution is -2.57. The average molecular weight is 307 g/mol. The van der Waals surface area contributed by atoms with E-state index in [0.29, 0.717) is 5.54 Å². The molecule has 0 atom stereocenters. The summed E-state index contributed by atoms with van der Waals surface area (Å²) >= 11 is 1.89. The molecule has 0 bridgehead atoms. The molecule has 0 radical (unpaired) electrons. The number of hydrogen-bond acceptors (Lipinski definition) is 3. The fourth-order valence-electron chi connectivity index (χ4n) is 4.18. The smallest absolute Gasteiger partial charge is 0.0334 e. The van der Waals surface area contributed by atoms with Crippen LogP contribution in [0.3, 0.4) is 0 Å². The van der Waals surface area contributed by atoms with Gasteiger partial charge in [0.1, 0.15) is 0 Å². The second-order valence-corrected chi connectivity index (χ2v) is 7.96. The Hall–Kier alpha value is -0.380. The highest BCUT2D eigenvalue weighted by Gasteiger charge is 2.37. The lowest BCUT2D eigenvalue weighted by molar-refractivity contribution is 0.0333. The van der Waals surface area contributed by atoms with Crippen LogP contribution in [0.4, 0.5) is 0 Å². The molecule has 1 saturated heterocycles. The fourth-order valence-corrected chi connectivity index (χ4v) is 5.05. The van der Waals surface area contributed by atoms with Crippen molar-refractivity contribution in [3.8, 4) is 0 Å². The Bertz CT molecular complexity index is 428. The zero-order valence-corrected chi connectivity index (χ0v) is 14.3. The van der Waals surface area contributed by atoms with Crippen LogP contribution in [-0.4, -0.2) is 30.1 Å². The summed E-state index contributed by atoms with van der Waals surface area (Å²) in [5.74, 6) is 0. The minimum Gasteiger partial charge on any atom is -0.310 e. The lowest BCUT2D eigenvalue weighted by atomic mass is 9.79. The van der Waals surface area contributed by atoms with E-state index >= 15 is 0 Å². The van der Waals surface area contributed by atoms with Crippen LogP contribution in [0.1, 0.15) is 61.8 Å². The summed E-state index contributed by atoms with van der Waals surface area (Å²) in [6, 6.07) is 2.24. The van der Waals surface area contributed by atoms with Crippen LogP contribution < -0.4 is 5.32 Å². The van der Waals surface area contributed by atoms with E-state index in [2.05, 4.69) is 28.6 Å². The number of nitrogens with zero attached hydrogens (tertiary/aromatic N) is 1. The van der Waals surface area contributed by atoms with Crippen LogP contribution in [0, 0.1) is 6.92 Å². The van der Waals surface area contributed by atoms with E-state index in [0.717, 1.165) is 6.54 Å². The summed E-state index contributed by atoms with van der Waals surface area (Å²) in [5.41, 5.74) is 1.91. The number of likely N-dealkylation sites (tertiary alicyclic amines) is 1. The zero-order valence-electron chi connectivity index (χ0n) is 13.5. The monoisotopic (exact) mass is 306 g/mol. The highest BCUT2D eigenvalue weighted by atomic mass is 32.1. The molecule has 2 nitrogen and oxygen atoms in total. The Balaban J connectivity index is 1.60. The van der Waals surface area contributed by atoms with E-state index in [4.69, 9.17) is 0 Å². The van der Waals surface area contributed by atoms with Crippen molar-refractivity contribution in [2.45, 2.75) is 70.4 Å². The highest BCUT2D eigenvalue weighted by Crippen LogP contribution is 2.35. The van der Waals surface area contributed by atoms with Gasteiger partial charge in [-0.1, -0.05) is 25.7 Å². The molecule has 1 saturated carbocycles. The van der Waals surface area contributed by atoms with E-state index in [1.165, 1.54) is 81.4 Å². The maximum atomic E-state index is 3.81. The molecule has 0 spiro atoms. The molecule has 1 aliphatic carbocycles. The summed E-state index contributed by atoms with van der Waals surface area (Å²) in [6.07, 6.45) is 11.4. The minimum absolute atomic E-state index is 0.462. The molecule has 0 aromatic carbocycles. The first kappa shape index (κ1) is 15.5. The third-order valence-electron chi connectivity index (χ3n) is 5.52. The van der Waals surface area contributed by atoms with Crippen LogP contribution in [0.15, 0.2) is 11.4 Å². The first-order valence-corrected chi connectivity index (χ1v) is 9.67. The van der Waals surface area contributed by atoms with Gasteiger partial charge in [0.2, 0.25) is 0 Å². The maximum absolute atomic E-state index is 3.81. The molecular formula is C18H30N2S. The second-order valence-electron chi connectivity index (χ2n) is 6.96. The number of thiophene rings is 1. The average Bonchev–Trinajstić information content (AvgIpc) is 2.95. The van der Waals surface area contributed by atoms with Crippen molar-refractivity contribution in [3.05, 3.63) is 21.9 Å². The van der Waals surface area contributed by atoms with Crippen molar-refractivity contribution in [1.82, 2.24) is 10.2 Å². The third-order valence-corrected chi connectivity index (χ3v) is 6.54. The van der Waals surface area contributed by atoms with E-state index in [1.54, 1.807) is 0 Å². The highest BCUT2D eigenvalue weighted by molar-refractivity contribution is 7.10. The van der Waals surface area contributed by atoms with E-state index in [-0.39, 0.29) is 0 Å². The molecule has 1 aromatic heterocycles. The van der Waals surface area contributed by atoms with Crippen molar-refractivity contribution in [1.29, 1.82) is 0 Å². The van der Waals surface area contributed by atoms with Crippen molar-refractivity contribution in [2.75, 3.05) is 19.6 Å². The molecule has 0 unspecified atom stereocenters. The fraction of sp³-hybridized carbons (Fsp3) is 0.778. The molecule has 1 N–H and O–H groups in total. The number of piperidine rings is 1. The molecule has 2 aliphatic rings. The summed E-state index contributed by atoms with van der Waals surface area (Å²) in [7, 11) is 0. The number of aryl methyl sites for hydroxylation is 1. The Morgan fingerprint density at radius 3 is 2.48 bits per heavy atom. The van der Waals surface area contributed by atoms with Crippen LogP contribution in [0.2, 0.25) is 0 Å². The Kier molecular flexibility index (Phi) is 5.36. The maximum Gasteiger partial charge on any atom is 0.0334 e. The van der Waals surface area contributed by atoms with Gasteiger partial charge in [-0.3, -0.25) is 4.90 Å². The quantitative estimate of drug-likeness (QED) is 0.871. The molecular weight excluding hydrogens is 276 g/mol. The second kappa shape index (κ2) is 7.26. The molecule has 21 heavy (non-hydrogen) atoms. The van der Waals surface area contributed by atoms with Crippen molar-refractivity contribution < 1.29 is 0 Å². The van der Waals surface area contributed by atoms with Gasteiger partial charge in [0.15, 0.2) is 0 Å². The SMILES string of the molecule is Cc1ccsc1CNCC1(N2CCCCC2)CCCCC1. The van der Waals surface area contributed by atoms with E-state index < -0.39 is 0 Å². The van der Waals surface area contributed by atoms with Gasteiger partial charge in [-0.2, -0.15) is 0 Å². The predicted molar refractivity (Wildman–Crippen MR) is 92.0 cm³/mol. The van der Waals surface area contributed by atoms with Gasteiger partial charge in [-0.05, 0) is 62.7 Å². The lowest BCUT2D eigenvalue weighted by Gasteiger charge is -2.48. The van der Waals surface area contributed by atoms with Gasteiger partial charge in [0.05, 0.1) is 0 Å². The molecule has 3 heteroatoms. The van der Waals surface area contributed by atoms with Gasteiger partial charge in [-0.25, -0.2) is 0 Å². The van der Waals surface area contributed by atoms with E-state index in [1.807, 2.05) is 11.3 Å². The zero-order chi connectivity index (χ0) is 14.5. The predicted octanol–water partition coefficient (Wildman–Crippen LogP) is 4.33. The Morgan fingerprint density at radius 1 is 1.10 bits per heavy atom. The van der Waals surface area contributed by atoms with Crippen LogP contribution in [0.25, 0.3) is 0 Å². The summed E-state index contributed by atoms with van der Waals surface area (Å²) < 4.78 is 0. The first-order valence-electron chi connectivity index (χ1n) is 8.79. The Morgan fingerprint density at radius 2 is 1.81 bits per heavy atom. The molecule has 3 rings (SSSR count). The topological polar surface area (TPSA) is 15.3 Å². The first-order chi connectivity index (χ1) is 10.3. The Labute approximate surface area is 133 Å². The van der Waals surface area contributed by atoms with Gasteiger partial charge in [-0.15, -0.1) is 11.3 Å². The minimum atomic E-state index is 0.462. The normalized spacial score (nSPS) is 23.3. The van der Waals surface area contributed by atoms with Gasteiger partial charge in [0.25, 0.3) is 0 Å². The van der Waals surface area contributed by atoms with Crippen LogP contribution in [-0.2, 0) is 6.54 Å². The van der Waals surface area contributed by atoms with Gasteiger partial charge < -0.3 is 5.32 Å². The van der Waals surface area contributed by atoms with E-state index in [9.17, 15) is 0 Å². The molecule has 1 aromatic rings. The molecule has 2 heterocycles. The summed E-state index contributed by atoms with van der Waals surface area (Å²) in [5, 5.41) is 6.02. The third kappa shape index (κ3) is 3.69. The number of hydrogen-bond donors (Lipinski definition) is 1.